The van der Waals surface area contributed by atoms with E-state index in [1.165, 1.54) is 0 Å². The van der Waals surface area contributed by atoms with Crippen molar-refractivity contribution in [3.8, 4) is 0 Å². The van der Waals surface area contributed by atoms with Crippen molar-refractivity contribution in [3.05, 3.63) is 36.1 Å². The summed E-state index contributed by atoms with van der Waals surface area (Å²) in [5.41, 5.74) is 1.29. The number of hydrogen-bond donors (Lipinski definition) is 2. The van der Waals surface area contributed by atoms with Gasteiger partial charge in [0.05, 0.1) is 0 Å². The first-order valence-corrected chi connectivity index (χ1v) is 3.40. The van der Waals surface area contributed by atoms with Crippen LogP contribution in [0.1, 0.15) is 13.3 Å². The van der Waals surface area contributed by atoms with E-state index in [9.17, 15) is 0 Å². The minimum absolute atomic E-state index is 0.0883. The van der Waals surface area contributed by atoms with Crippen LogP contribution in [0.5, 0.6) is 0 Å². The van der Waals surface area contributed by atoms with E-state index in [1.807, 2.05) is 6.92 Å². The zero-order valence-corrected chi connectivity index (χ0v) is 6.72. The Balaban J connectivity index is 4.48. The number of aliphatic hydroxyl groups excluding tert-OH is 1. The molecule has 0 aliphatic rings. The fourth-order valence-corrected chi connectivity index (χ4v) is 0.530. The van der Waals surface area contributed by atoms with Gasteiger partial charge in [-0.3, -0.25) is 0 Å². The summed E-state index contributed by atoms with van der Waals surface area (Å²) in [4.78, 5) is 0. The molecule has 0 radical (unpaired) electrons. The Hall–Kier alpha value is -1.31. The van der Waals surface area contributed by atoms with Crippen LogP contribution in [0.15, 0.2) is 36.1 Å². The van der Waals surface area contributed by atoms with E-state index < -0.39 is 0 Å². The third-order valence-corrected chi connectivity index (χ3v) is 1.30. The zero-order valence-electron chi connectivity index (χ0n) is 6.72. The summed E-state index contributed by atoms with van der Waals surface area (Å²) < 4.78 is 0. The molecule has 0 heterocycles. The fraction of sp³-hybridized carbons (Fsp3) is 0.222. The molecule has 2 heteroatoms. The zero-order chi connectivity index (χ0) is 8.85. The molecular formula is C9H13NO. The highest BCUT2D eigenvalue weighted by atomic mass is 16.3. The Morgan fingerprint density at radius 3 is 2.36 bits per heavy atom. The molecule has 0 spiro atoms. The van der Waals surface area contributed by atoms with E-state index in [2.05, 4.69) is 13.2 Å². The molecule has 2 nitrogen and oxygen atoms in total. The van der Waals surface area contributed by atoms with Crippen LogP contribution in [0.25, 0.3) is 0 Å². The molecule has 0 saturated carbocycles. The molecule has 0 saturated heterocycles. The first kappa shape index (κ1) is 9.69. The molecule has 0 amide bonds. The van der Waals surface area contributed by atoms with Gasteiger partial charge in [0.2, 0.25) is 0 Å². The number of rotatable bonds is 4. The minimum atomic E-state index is -0.0883. The molecule has 0 bridgehead atoms. The SMILES string of the molecule is C=C(/C=C(/C=N)C(=C)O)CC. The summed E-state index contributed by atoms with van der Waals surface area (Å²) in [5, 5.41) is 15.8. The lowest BCUT2D eigenvalue weighted by Gasteiger charge is -1.98. The summed E-state index contributed by atoms with van der Waals surface area (Å²) in [7, 11) is 0. The van der Waals surface area contributed by atoms with Gasteiger partial charge in [-0.15, -0.1) is 0 Å². The molecular weight excluding hydrogens is 138 g/mol. The van der Waals surface area contributed by atoms with Crippen LogP contribution in [0.4, 0.5) is 0 Å². The maximum absolute atomic E-state index is 8.90. The van der Waals surface area contributed by atoms with E-state index in [-0.39, 0.29) is 5.76 Å². The van der Waals surface area contributed by atoms with E-state index in [0.717, 1.165) is 18.2 Å². The third-order valence-electron chi connectivity index (χ3n) is 1.30. The lowest BCUT2D eigenvalue weighted by molar-refractivity contribution is 0.431. The van der Waals surface area contributed by atoms with Gasteiger partial charge in [0.15, 0.2) is 0 Å². The van der Waals surface area contributed by atoms with Gasteiger partial charge < -0.3 is 10.5 Å². The number of allylic oxidation sites excluding steroid dienone is 3. The maximum Gasteiger partial charge on any atom is 0.117 e. The van der Waals surface area contributed by atoms with E-state index >= 15 is 0 Å². The summed E-state index contributed by atoms with van der Waals surface area (Å²) in [6.07, 6.45) is 3.52. The molecule has 0 aromatic heterocycles. The molecule has 0 atom stereocenters. The number of hydrogen-bond acceptors (Lipinski definition) is 2. The Labute approximate surface area is 67.1 Å². The predicted molar refractivity (Wildman–Crippen MR) is 48.1 cm³/mol. The Morgan fingerprint density at radius 1 is 1.55 bits per heavy atom. The van der Waals surface area contributed by atoms with Crippen molar-refractivity contribution < 1.29 is 5.11 Å². The average Bonchev–Trinajstić information content (AvgIpc) is 1.99. The van der Waals surface area contributed by atoms with Gasteiger partial charge in [-0.25, -0.2) is 0 Å². The van der Waals surface area contributed by atoms with Gasteiger partial charge in [0.25, 0.3) is 0 Å². The van der Waals surface area contributed by atoms with Crippen molar-refractivity contribution in [2.24, 2.45) is 0 Å². The van der Waals surface area contributed by atoms with Gasteiger partial charge in [0.1, 0.15) is 5.76 Å². The smallest absolute Gasteiger partial charge is 0.117 e. The fourth-order valence-electron chi connectivity index (χ4n) is 0.530. The van der Waals surface area contributed by atoms with Crippen molar-refractivity contribution in [2.75, 3.05) is 0 Å². The highest BCUT2D eigenvalue weighted by Gasteiger charge is 1.95. The predicted octanol–water partition coefficient (Wildman–Crippen LogP) is 2.60. The van der Waals surface area contributed by atoms with Crippen LogP contribution in [0.2, 0.25) is 0 Å². The topological polar surface area (TPSA) is 44.1 Å². The molecule has 0 aromatic carbocycles. The van der Waals surface area contributed by atoms with Crippen LogP contribution < -0.4 is 0 Å². The van der Waals surface area contributed by atoms with Crippen LogP contribution >= 0.6 is 0 Å². The molecule has 11 heavy (non-hydrogen) atoms. The van der Waals surface area contributed by atoms with Gasteiger partial charge in [-0.05, 0) is 12.5 Å². The average molecular weight is 151 g/mol. The third kappa shape index (κ3) is 3.40. The van der Waals surface area contributed by atoms with Gasteiger partial charge in [-0.2, -0.15) is 0 Å². The Morgan fingerprint density at radius 2 is 2.09 bits per heavy atom. The summed E-state index contributed by atoms with van der Waals surface area (Å²) in [5.74, 6) is -0.0883. The normalized spacial score (nSPS) is 10.8. The first-order valence-electron chi connectivity index (χ1n) is 3.40. The van der Waals surface area contributed by atoms with Crippen LogP contribution in [0.3, 0.4) is 0 Å². The Bertz CT molecular complexity index is 214. The molecule has 0 fully saturated rings. The van der Waals surface area contributed by atoms with Crippen molar-refractivity contribution in [2.45, 2.75) is 13.3 Å². The van der Waals surface area contributed by atoms with Gasteiger partial charge >= 0.3 is 0 Å². The van der Waals surface area contributed by atoms with Crippen molar-refractivity contribution >= 4 is 6.21 Å². The summed E-state index contributed by atoms with van der Waals surface area (Å²) in [6.45, 7) is 8.98. The van der Waals surface area contributed by atoms with Crippen molar-refractivity contribution in [1.29, 1.82) is 5.41 Å². The quantitative estimate of drug-likeness (QED) is 0.362. The van der Waals surface area contributed by atoms with Gasteiger partial charge in [-0.1, -0.05) is 25.7 Å². The highest BCUT2D eigenvalue weighted by Crippen LogP contribution is 2.07. The molecule has 0 aliphatic heterocycles. The van der Waals surface area contributed by atoms with E-state index in [4.69, 9.17) is 10.5 Å². The minimum Gasteiger partial charge on any atom is -0.508 e. The second kappa shape index (κ2) is 4.50. The lowest BCUT2D eigenvalue weighted by Crippen LogP contribution is -1.88. The van der Waals surface area contributed by atoms with Crippen LogP contribution in [-0.4, -0.2) is 11.3 Å². The molecule has 2 N–H and O–H groups in total. The molecule has 0 unspecified atom stereocenters. The van der Waals surface area contributed by atoms with E-state index in [1.54, 1.807) is 6.08 Å². The monoisotopic (exact) mass is 151 g/mol. The second-order valence-electron chi connectivity index (χ2n) is 2.20. The lowest BCUT2D eigenvalue weighted by atomic mass is 10.1. The summed E-state index contributed by atoms with van der Waals surface area (Å²) >= 11 is 0. The standard InChI is InChI=1S/C9H13NO/c1-4-7(2)5-9(6-10)8(3)11/h5-6,10-11H,2-4H2,1H3/b9-5-,10-6?. The summed E-state index contributed by atoms with van der Waals surface area (Å²) in [6, 6.07) is 0. The molecule has 0 aromatic rings. The largest absolute Gasteiger partial charge is 0.508 e. The van der Waals surface area contributed by atoms with Crippen molar-refractivity contribution in [1.82, 2.24) is 0 Å². The van der Waals surface area contributed by atoms with Gasteiger partial charge in [0, 0.05) is 11.8 Å². The maximum atomic E-state index is 8.90. The number of aliphatic hydroxyl groups is 1. The number of nitrogens with one attached hydrogen (secondary N) is 1. The van der Waals surface area contributed by atoms with Crippen LogP contribution in [0, 0.1) is 5.41 Å². The highest BCUT2D eigenvalue weighted by molar-refractivity contribution is 5.81. The Kier molecular flexibility index (Phi) is 3.96. The van der Waals surface area contributed by atoms with Crippen molar-refractivity contribution in [3.63, 3.8) is 0 Å². The second-order valence-corrected chi connectivity index (χ2v) is 2.20. The van der Waals surface area contributed by atoms with Crippen LogP contribution in [-0.2, 0) is 0 Å². The molecule has 0 rings (SSSR count). The molecule has 60 valence electrons. The van der Waals surface area contributed by atoms with E-state index in [0.29, 0.717) is 5.57 Å². The first-order chi connectivity index (χ1) is 5.11. The molecule has 0 aliphatic carbocycles.